The van der Waals surface area contributed by atoms with Gasteiger partial charge in [-0.2, -0.15) is 4.37 Å². The van der Waals surface area contributed by atoms with E-state index in [1.54, 1.807) is 7.11 Å². The number of nitrogens with one attached hydrogen (secondary N) is 1. The van der Waals surface area contributed by atoms with E-state index in [4.69, 9.17) is 4.74 Å². The first-order valence-electron chi connectivity index (χ1n) is 9.21. The maximum atomic E-state index is 5.06. The summed E-state index contributed by atoms with van der Waals surface area (Å²) in [5.74, 6) is 0.833. The smallest absolute Gasteiger partial charge is 0.202 e. The summed E-state index contributed by atoms with van der Waals surface area (Å²) in [6, 6.07) is 19.3. The second-order valence-corrected chi connectivity index (χ2v) is 7.03. The lowest BCUT2D eigenvalue weighted by atomic mass is 10.1. The third-order valence-electron chi connectivity index (χ3n) is 4.34. The van der Waals surface area contributed by atoms with Crippen LogP contribution in [0.1, 0.15) is 23.9 Å². The van der Waals surface area contributed by atoms with Gasteiger partial charge in [-0.15, -0.1) is 0 Å². The molecule has 0 radical (unpaired) electrons. The van der Waals surface area contributed by atoms with Crippen molar-refractivity contribution in [3.8, 4) is 0 Å². The van der Waals surface area contributed by atoms with Crippen molar-refractivity contribution in [2.75, 3.05) is 30.5 Å². The van der Waals surface area contributed by atoms with Crippen molar-refractivity contribution in [1.82, 2.24) is 9.36 Å². The first kappa shape index (κ1) is 19.3. The monoisotopic (exact) mass is 382 g/mol. The number of hydrogen-bond donors (Lipinski definition) is 1. The van der Waals surface area contributed by atoms with Gasteiger partial charge in [0.15, 0.2) is 0 Å². The Hall–Kier alpha value is -2.44. The molecule has 0 amide bonds. The Bertz CT molecular complexity index is 805. The fourth-order valence-electron chi connectivity index (χ4n) is 2.81. The fourth-order valence-corrected chi connectivity index (χ4v) is 3.42. The molecule has 0 unspecified atom stereocenters. The van der Waals surface area contributed by atoms with Crippen LogP contribution in [0.15, 0.2) is 54.6 Å². The summed E-state index contributed by atoms with van der Waals surface area (Å²) in [7, 11) is 1.69. The van der Waals surface area contributed by atoms with Gasteiger partial charge >= 0.3 is 0 Å². The van der Waals surface area contributed by atoms with E-state index in [9.17, 15) is 0 Å². The van der Waals surface area contributed by atoms with Crippen LogP contribution in [-0.2, 0) is 24.2 Å². The third kappa shape index (κ3) is 5.77. The quantitative estimate of drug-likeness (QED) is 0.564. The zero-order chi connectivity index (χ0) is 18.9. The van der Waals surface area contributed by atoms with Crippen molar-refractivity contribution in [3.63, 3.8) is 0 Å². The third-order valence-corrected chi connectivity index (χ3v) is 5.05. The highest BCUT2D eigenvalue weighted by atomic mass is 32.1. The van der Waals surface area contributed by atoms with E-state index in [0.29, 0.717) is 6.61 Å². The number of methoxy groups -OCH3 is 1. The molecular weight excluding hydrogens is 356 g/mol. The van der Waals surface area contributed by atoms with Gasteiger partial charge < -0.3 is 15.0 Å². The summed E-state index contributed by atoms with van der Waals surface area (Å²) in [5.41, 5.74) is 3.79. The number of anilines is 2. The Morgan fingerprint density at radius 1 is 1.04 bits per heavy atom. The molecule has 27 heavy (non-hydrogen) atoms. The van der Waals surface area contributed by atoms with Gasteiger partial charge in [0, 0.05) is 50.4 Å². The Morgan fingerprint density at radius 3 is 2.52 bits per heavy atom. The average Bonchev–Trinajstić information content (AvgIpc) is 3.18. The van der Waals surface area contributed by atoms with E-state index >= 15 is 0 Å². The molecule has 0 saturated heterocycles. The molecule has 0 fully saturated rings. The van der Waals surface area contributed by atoms with Gasteiger partial charge in [0.05, 0.1) is 6.61 Å². The largest absolute Gasteiger partial charge is 0.384 e. The van der Waals surface area contributed by atoms with Crippen molar-refractivity contribution in [2.45, 2.75) is 26.4 Å². The van der Waals surface area contributed by atoms with Crippen LogP contribution in [0.25, 0.3) is 0 Å². The molecule has 3 rings (SSSR count). The molecule has 3 aromatic rings. The van der Waals surface area contributed by atoms with Crippen LogP contribution >= 0.6 is 11.5 Å². The second-order valence-electron chi connectivity index (χ2n) is 6.28. The summed E-state index contributed by atoms with van der Waals surface area (Å²) >= 11 is 1.40. The first-order valence-corrected chi connectivity index (χ1v) is 9.99. The predicted molar refractivity (Wildman–Crippen MR) is 112 cm³/mol. The lowest BCUT2D eigenvalue weighted by molar-refractivity contribution is 0.201. The molecular formula is C21H26N4OS. The van der Waals surface area contributed by atoms with Crippen LogP contribution in [0, 0.1) is 0 Å². The molecule has 0 aliphatic rings. The zero-order valence-electron chi connectivity index (χ0n) is 15.9. The molecule has 6 heteroatoms. The summed E-state index contributed by atoms with van der Waals surface area (Å²) in [5, 5.41) is 4.20. The van der Waals surface area contributed by atoms with Gasteiger partial charge in [0.25, 0.3) is 0 Å². The predicted octanol–water partition coefficient (Wildman–Crippen LogP) is 4.37. The SMILES string of the molecule is CCN(Cc1ccccc1)c1ccc(CNc2nc(CCOC)ns2)cc1. The summed E-state index contributed by atoms with van der Waals surface area (Å²) < 4.78 is 9.40. The van der Waals surface area contributed by atoms with Crippen LogP contribution in [0.3, 0.4) is 0 Å². The van der Waals surface area contributed by atoms with Crippen LogP contribution in [0.2, 0.25) is 0 Å². The van der Waals surface area contributed by atoms with Crippen molar-refractivity contribution >= 4 is 22.4 Å². The van der Waals surface area contributed by atoms with E-state index in [2.05, 4.69) is 81.1 Å². The Morgan fingerprint density at radius 2 is 1.81 bits per heavy atom. The molecule has 0 spiro atoms. The second kappa shape index (κ2) is 10.0. The van der Waals surface area contributed by atoms with E-state index in [0.717, 1.165) is 37.0 Å². The van der Waals surface area contributed by atoms with Crippen molar-refractivity contribution < 1.29 is 4.74 Å². The average molecular weight is 383 g/mol. The highest BCUT2D eigenvalue weighted by Crippen LogP contribution is 2.19. The standard InChI is InChI=1S/C21H26N4OS/c1-3-25(16-18-7-5-4-6-8-18)19-11-9-17(10-12-19)15-22-21-23-20(24-27-21)13-14-26-2/h4-12H,3,13-16H2,1-2H3,(H,22,23,24). The molecule has 0 atom stereocenters. The number of ether oxygens (including phenoxy) is 1. The van der Waals surface area contributed by atoms with Gasteiger partial charge in [0.1, 0.15) is 5.82 Å². The minimum absolute atomic E-state index is 0.647. The van der Waals surface area contributed by atoms with Gasteiger partial charge in [-0.3, -0.25) is 0 Å². The number of aromatic nitrogens is 2. The van der Waals surface area contributed by atoms with E-state index in [1.807, 2.05) is 0 Å². The molecule has 5 nitrogen and oxygen atoms in total. The summed E-state index contributed by atoms with van der Waals surface area (Å²) in [4.78, 5) is 6.85. The lowest BCUT2D eigenvalue weighted by Gasteiger charge is -2.23. The first-order chi connectivity index (χ1) is 13.3. The topological polar surface area (TPSA) is 50.3 Å². The van der Waals surface area contributed by atoms with Gasteiger partial charge in [-0.05, 0) is 30.2 Å². The molecule has 142 valence electrons. The zero-order valence-corrected chi connectivity index (χ0v) is 16.7. The summed E-state index contributed by atoms with van der Waals surface area (Å²) in [6.45, 7) is 5.47. The van der Waals surface area contributed by atoms with Crippen LogP contribution in [-0.4, -0.2) is 29.6 Å². The normalized spacial score (nSPS) is 10.7. The fraction of sp³-hybridized carbons (Fsp3) is 0.333. The highest BCUT2D eigenvalue weighted by Gasteiger charge is 2.06. The van der Waals surface area contributed by atoms with E-state index in [-0.39, 0.29) is 0 Å². The number of nitrogens with zero attached hydrogens (tertiary/aromatic N) is 3. The molecule has 2 aromatic carbocycles. The van der Waals surface area contributed by atoms with Gasteiger partial charge in [0.2, 0.25) is 5.13 Å². The lowest BCUT2D eigenvalue weighted by Crippen LogP contribution is -2.21. The van der Waals surface area contributed by atoms with Crippen molar-refractivity contribution in [2.24, 2.45) is 0 Å². The minimum Gasteiger partial charge on any atom is -0.384 e. The maximum absolute atomic E-state index is 5.06. The Labute approximate surface area is 165 Å². The number of benzene rings is 2. The van der Waals surface area contributed by atoms with E-state index < -0.39 is 0 Å². The number of hydrogen-bond acceptors (Lipinski definition) is 6. The van der Waals surface area contributed by atoms with Crippen LogP contribution in [0.5, 0.6) is 0 Å². The van der Waals surface area contributed by atoms with Crippen molar-refractivity contribution in [3.05, 3.63) is 71.5 Å². The van der Waals surface area contributed by atoms with Gasteiger partial charge in [-0.25, -0.2) is 4.98 Å². The molecule has 0 saturated carbocycles. The maximum Gasteiger partial charge on any atom is 0.202 e. The molecule has 0 aliphatic carbocycles. The van der Waals surface area contributed by atoms with E-state index in [1.165, 1.54) is 28.3 Å². The highest BCUT2D eigenvalue weighted by molar-refractivity contribution is 7.09. The molecule has 1 N–H and O–H groups in total. The Kier molecular flexibility index (Phi) is 7.19. The molecule has 0 bridgehead atoms. The Balaban J connectivity index is 1.55. The molecule has 1 aromatic heterocycles. The van der Waals surface area contributed by atoms with Gasteiger partial charge in [-0.1, -0.05) is 42.5 Å². The van der Waals surface area contributed by atoms with Crippen LogP contribution < -0.4 is 10.2 Å². The molecule has 0 aliphatic heterocycles. The number of rotatable bonds is 10. The van der Waals surface area contributed by atoms with Crippen LogP contribution in [0.4, 0.5) is 10.8 Å². The van der Waals surface area contributed by atoms with Crippen molar-refractivity contribution in [1.29, 1.82) is 0 Å². The minimum atomic E-state index is 0.647. The summed E-state index contributed by atoms with van der Waals surface area (Å²) in [6.07, 6.45) is 0.748. The molecule has 1 heterocycles.